The Hall–Kier alpha value is -6.70. The molecule has 0 N–H and O–H groups in total. The van der Waals surface area contributed by atoms with Gasteiger partial charge in [0.15, 0.2) is 0 Å². The normalized spacial score (nSPS) is 18.9. The summed E-state index contributed by atoms with van der Waals surface area (Å²) in [5.74, 6) is 1.95. The number of ether oxygens (including phenoxy) is 1. The molecule has 1 aliphatic heterocycles. The molecule has 8 aromatic carbocycles. The van der Waals surface area contributed by atoms with Gasteiger partial charge >= 0.3 is 0 Å². The Morgan fingerprint density at radius 1 is 0.418 bits per heavy atom. The largest absolute Gasteiger partial charge is 0.460 e. The van der Waals surface area contributed by atoms with Crippen molar-refractivity contribution < 1.29 is 4.74 Å². The van der Waals surface area contributed by atoms with Crippen LogP contribution in [0.3, 0.4) is 0 Å². The molecule has 11 rings (SSSR count). The van der Waals surface area contributed by atoms with Crippen LogP contribution in [0.15, 0.2) is 224 Å². The number of hydrogen-bond acceptors (Lipinski definition) is 1. The third-order valence-corrected chi connectivity index (χ3v) is 12.4. The van der Waals surface area contributed by atoms with Crippen LogP contribution < -0.4 is 4.74 Å². The van der Waals surface area contributed by atoms with Crippen LogP contribution in [-0.4, -0.2) is 0 Å². The first kappa shape index (κ1) is 31.8. The van der Waals surface area contributed by atoms with Gasteiger partial charge in [-0.15, -0.1) is 0 Å². The summed E-state index contributed by atoms with van der Waals surface area (Å²) in [6.45, 7) is 0. The van der Waals surface area contributed by atoms with Crippen molar-refractivity contribution in [3.8, 4) is 16.9 Å². The lowest BCUT2D eigenvalue weighted by atomic mass is 9.61. The Bertz CT molecular complexity index is 2770. The molecular weight excluding hydrogens is 665 g/mol. The lowest BCUT2D eigenvalue weighted by molar-refractivity contribution is 0.344. The number of benzene rings is 8. The van der Waals surface area contributed by atoms with Gasteiger partial charge in [0.05, 0.1) is 10.8 Å². The van der Waals surface area contributed by atoms with Crippen molar-refractivity contribution >= 4 is 10.8 Å². The van der Waals surface area contributed by atoms with E-state index in [2.05, 4.69) is 212 Å². The van der Waals surface area contributed by atoms with E-state index in [0.717, 1.165) is 17.9 Å². The zero-order valence-corrected chi connectivity index (χ0v) is 30.4. The Labute approximate surface area is 322 Å². The first-order valence-corrected chi connectivity index (χ1v) is 19.4. The van der Waals surface area contributed by atoms with Crippen LogP contribution in [0, 0.1) is 0 Å². The molecule has 2 unspecified atom stereocenters. The topological polar surface area (TPSA) is 9.23 Å². The van der Waals surface area contributed by atoms with Crippen LogP contribution in [0.25, 0.3) is 21.9 Å². The lowest BCUT2D eigenvalue weighted by Crippen LogP contribution is -2.38. The molecule has 0 bridgehead atoms. The third-order valence-electron chi connectivity index (χ3n) is 12.4. The van der Waals surface area contributed by atoms with Gasteiger partial charge in [-0.3, -0.25) is 0 Å². The van der Waals surface area contributed by atoms with E-state index in [4.69, 9.17) is 4.74 Å². The van der Waals surface area contributed by atoms with Crippen LogP contribution >= 0.6 is 0 Å². The number of rotatable bonds is 5. The van der Waals surface area contributed by atoms with Gasteiger partial charge < -0.3 is 4.74 Å². The Morgan fingerprint density at radius 2 is 0.982 bits per heavy atom. The molecule has 0 radical (unpaired) electrons. The van der Waals surface area contributed by atoms with Gasteiger partial charge in [0.2, 0.25) is 0 Å². The van der Waals surface area contributed by atoms with Crippen molar-refractivity contribution in [2.45, 2.75) is 23.2 Å². The summed E-state index contributed by atoms with van der Waals surface area (Å²) in [6, 6.07) is 73.8. The molecule has 0 spiro atoms. The SMILES string of the molecule is C1=CC2=C(Oc3ccccc3C2(c2ccccc2)c2ccccc2)C(c2cccc(C3(c4ccccc4)c4ccccc4-c4cc5ccccc5cc43)c2)C1. The summed E-state index contributed by atoms with van der Waals surface area (Å²) >= 11 is 0. The highest BCUT2D eigenvalue weighted by molar-refractivity contribution is 5.95. The molecule has 0 saturated carbocycles. The second kappa shape index (κ2) is 12.4. The molecule has 2 atom stereocenters. The predicted molar refractivity (Wildman–Crippen MR) is 225 cm³/mol. The maximum absolute atomic E-state index is 7.17. The van der Waals surface area contributed by atoms with Gasteiger partial charge in [-0.25, -0.2) is 0 Å². The molecule has 0 fully saturated rings. The quantitative estimate of drug-likeness (QED) is 0.173. The lowest BCUT2D eigenvalue weighted by Gasteiger charge is -2.44. The fraction of sp³-hybridized carbons (Fsp3) is 0.0741. The minimum Gasteiger partial charge on any atom is -0.460 e. The Balaban J connectivity index is 1.17. The molecule has 2 aliphatic carbocycles. The smallest absolute Gasteiger partial charge is 0.131 e. The van der Waals surface area contributed by atoms with E-state index >= 15 is 0 Å². The molecule has 0 amide bonds. The third kappa shape index (κ3) is 4.53. The maximum Gasteiger partial charge on any atom is 0.131 e. The fourth-order valence-electron chi connectivity index (χ4n) is 10.1. The van der Waals surface area contributed by atoms with Gasteiger partial charge in [0.1, 0.15) is 11.5 Å². The van der Waals surface area contributed by atoms with E-state index < -0.39 is 10.8 Å². The van der Waals surface area contributed by atoms with E-state index in [9.17, 15) is 0 Å². The zero-order chi connectivity index (χ0) is 36.4. The maximum atomic E-state index is 7.17. The standard InChI is InChI=1S/C54H38O/c1-4-21-40(22-5-1)53(41-23-6-2-7-24-41)48-31-14-15-33-51(48)55-52-44(29-17-32-49(52)53)39-20-16-27-43(34-39)54(42-25-8-3-9-26-42)47-30-13-12-28-45(47)46-35-37-18-10-11-19-38(37)36-50(46)54/h1-28,30-36,44H,29H2. The van der Waals surface area contributed by atoms with Gasteiger partial charge in [0.25, 0.3) is 0 Å². The summed E-state index contributed by atoms with van der Waals surface area (Å²) in [5, 5.41) is 2.52. The highest BCUT2D eigenvalue weighted by atomic mass is 16.5. The molecule has 1 heteroatoms. The highest BCUT2D eigenvalue weighted by Gasteiger charge is 2.49. The van der Waals surface area contributed by atoms with E-state index in [0.29, 0.717) is 0 Å². The summed E-state index contributed by atoms with van der Waals surface area (Å²) in [4.78, 5) is 0. The number of fused-ring (bicyclic) bond motifs is 5. The molecule has 55 heavy (non-hydrogen) atoms. The van der Waals surface area contributed by atoms with Gasteiger partial charge in [-0.05, 0) is 85.5 Å². The van der Waals surface area contributed by atoms with Crippen LogP contribution in [-0.2, 0) is 10.8 Å². The van der Waals surface area contributed by atoms with Gasteiger partial charge in [-0.1, -0.05) is 194 Å². The highest BCUT2D eigenvalue weighted by Crippen LogP contribution is 2.59. The minimum atomic E-state index is -0.547. The van der Waals surface area contributed by atoms with E-state index in [1.165, 1.54) is 72.0 Å². The van der Waals surface area contributed by atoms with Crippen molar-refractivity contribution in [3.05, 3.63) is 268 Å². The van der Waals surface area contributed by atoms with Crippen LogP contribution in [0.1, 0.15) is 56.8 Å². The first-order chi connectivity index (χ1) is 27.3. The molecule has 0 saturated heterocycles. The minimum absolute atomic E-state index is 0.0145. The summed E-state index contributed by atoms with van der Waals surface area (Å²) in [7, 11) is 0. The molecular formula is C54H38O. The second-order valence-electron chi connectivity index (χ2n) is 15.1. The van der Waals surface area contributed by atoms with Crippen molar-refractivity contribution in [2.75, 3.05) is 0 Å². The van der Waals surface area contributed by atoms with E-state index in [-0.39, 0.29) is 5.92 Å². The monoisotopic (exact) mass is 702 g/mol. The Kier molecular flexibility index (Phi) is 7.19. The van der Waals surface area contributed by atoms with Gasteiger partial charge in [-0.2, -0.15) is 0 Å². The molecule has 1 heterocycles. The van der Waals surface area contributed by atoms with Crippen molar-refractivity contribution in [1.29, 1.82) is 0 Å². The second-order valence-corrected chi connectivity index (χ2v) is 15.1. The van der Waals surface area contributed by atoms with Crippen LogP contribution in [0.2, 0.25) is 0 Å². The summed E-state index contributed by atoms with van der Waals surface area (Å²) in [5.41, 5.74) is 12.8. The zero-order valence-electron chi connectivity index (χ0n) is 30.4. The average Bonchev–Trinajstić information content (AvgIpc) is 3.55. The van der Waals surface area contributed by atoms with Crippen LogP contribution in [0.5, 0.6) is 5.75 Å². The number of para-hydroxylation sites is 1. The van der Waals surface area contributed by atoms with Crippen LogP contribution in [0.4, 0.5) is 0 Å². The summed E-state index contributed by atoms with van der Waals surface area (Å²) in [6.07, 6.45) is 5.55. The first-order valence-electron chi connectivity index (χ1n) is 19.4. The molecule has 1 nitrogen and oxygen atoms in total. The van der Waals surface area contributed by atoms with E-state index in [1.54, 1.807) is 0 Å². The fourth-order valence-corrected chi connectivity index (χ4v) is 10.1. The molecule has 3 aliphatic rings. The molecule has 8 aromatic rings. The molecule has 0 aromatic heterocycles. The van der Waals surface area contributed by atoms with Crippen molar-refractivity contribution in [2.24, 2.45) is 0 Å². The van der Waals surface area contributed by atoms with Crippen molar-refractivity contribution in [3.63, 3.8) is 0 Å². The predicted octanol–water partition coefficient (Wildman–Crippen LogP) is 12.9. The van der Waals surface area contributed by atoms with Crippen molar-refractivity contribution in [1.82, 2.24) is 0 Å². The number of allylic oxidation sites excluding steroid dienone is 4. The van der Waals surface area contributed by atoms with Gasteiger partial charge in [0, 0.05) is 17.1 Å². The molecule has 260 valence electrons. The summed E-state index contributed by atoms with van der Waals surface area (Å²) < 4.78 is 7.17. The number of hydrogen-bond donors (Lipinski definition) is 0. The Morgan fingerprint density at radius 3 is 1.69 bits per heavy atom. The van der Waals surface area contributed by atoms with E-state index in [1.807, 2.05) is 0 Å². The average molecular weight is 703 g/mol.